The monoisotopic (exact) mass is 502 g/mol. The van der Waals surface area contributed by atoms with E-state index in [2.05, 4.69) is 31.2 Å². The Morgan fingerprint density at radius 3 is 2.44 bits per heavy atom. The minimum atomic E-state index is -0.749. The summed E-state index contributed by atoms with van der Waals surface area (Å²) in [6.07, 6.45) is 5.06. The van der Waals surface area contributed by atoms with Crippen molar-refractivity contribution >= 4 is 27.9 Å². The molecule has 0 radical (unpaired) electrons. The standard InChI is InChI=1S/C24H31BrN4O3/c1-23(2,3)19(28-22(31)32-24(4,5)6)21(30)29-13-7-8-18(29)20-26-14-17(27-20)15-9-11-16(25)12-10-15/h7-12,14,18-19H,13H2,1-6H3,(H,26,27)(H,28,31). The zero-order chi connectivity index (χ0) is 23.7. The molecule has 2 amide bonds. The number of amides is 2. The van der Waals surface area contributed by atoms with Crippen LogP contribution in [0.25, 0.3) is 11.3 Å². The number of alkyl carbamates (subject to hydrolysis) is 1. The molecule has 2 atom stereocenters. The van der Waals surface area contributed by atoms with E-state index in [9.17, 15) is 9.59 Å². The minimum absolute atomic E-state index is 0.181. The molecular weight excluding hydrogens is 472 g/mol. The van der Waals surface area contributed by atoms with Crippen molar-refractivity contribution in [3.05, 3.63) is 52.9 Å². The highest BCUT2D eigenvalue weighted by Crippen LogP contribution is 2.31. The third kappa shape index (κ3) is 5.79. The molecule has 8 heteroatoms. The second kappa shape index (κ2) is 9.10. The summed E-state index contributed by atoms with van der Waals surface area (Å²) in [5, 5.41) is 2.78. The molecule has 3 rings (SSSR count). The minimum Gasteiger partial charge on any atom is -0.444 e. The van der Waals surface area contributed by atoms with Crippen LogP contribution in [0, 0.1) is 5.41 Å². The number of carbonyl (C=O) groups excluding carboxylic acids is 2. The summed E-state index contributed by atoms with van der Waals surface area (Å²) in [4.78, 5) is 35.6. The van der Waals surface area contributed by atoms with Crippen molar-refractivity contribution in [1.29, 1.82) is 0 Å². The molecule has 1 aliphatic heterocycles. The second-order valence-corrected chi connectivity index (χ2v) is 10.9. The van der Waals surface area contributed by atoms with Gasteiger partial charge in [-0.25, -0.2) is 9.78 Å². The van der Waals surface area contributed by atoms with Gasteiger partial charge in [-0.3, -0.25) is 4.79 Å². The summed E-state index contributed by atoms with van der Waals surface area (Å²) in [5.41, 5.74) is 0.725. The number of ether oxygens (including phenoxy) is 1. The van der Waals surface area contributed by atoms with Gasteiger partial charge in [-0.15, -0.1) is 0 Å². The lowest BCUT2D eigenvalue weighted by atomic mass is 9.85. The number of nitrogens with zero attached hydrogens (tertiary/aromatic N) is 2. The molecule has 0 bridgehead atoms. The molecule has 0 saturated carbocycles. The SMILES string of the molecule is CC(C)(C)OC(=O)NC(C(=O)N1CC=CC1c1ncc(-c2ccc(Br)cc2)[nH]1)C(C)(C)C. The van der Waals surface area contributed by atoms with Gasteiger partial charge in [0.2, 0.25) is 5.91 Å². The van der Waals surface area contributed by atoms with Crippen molar-refractivity contribution in [3.63, 3.8) is 0 Å². The van der Waals surface area contributed by atoms with Gasteiger partial charge in [-0.05, 0) is 43.9 Å². The maximum atomic E-state index is 13.6. The first-order chi connectivity index (χ1) is 14.8. The van der Waals surface area contributed by atoms with Gasteiger partial charge in [0.15, 0.2) is 0 Å². The number of hydrogen-bond donors (Lipinski definition) is 2. The summed E-state index contributed by atoms with van der Waals surface area (Å²) in [6.45, 7) is 11.6. The summed E-state index contributed by atoms with van der Waals surface area (Å²) >= 11 is 3.45. The Kier molecular flexibility index (Phi) is 6.83. The highest BCUT2D eigenvalue weighted by molar-refractivity contribution is 9.10. The number of benzene rings is 1. The molecule has 172 valence electrons. The molecule has 2 aromatic rings. The Morgan fingerprint density at radius 2 is 1.84 bits per heavy atom. The van der Waals surface area contributed by atoms with E-state index in [-0.39, 0.29) is 11.9 Å². The normalized spacial score (nSPS) is 17.3. The number of nitrogens with one attached hydrogen (secondary N) is 2. The second-order valence-electron chi connectivity index (χ2n) is 10.00. The van der Waals surface area contributed by atoms with Gasteiger partial charge in [-0.2, -0.15) is 0 Å². The molecule has 2 N–H and O–H groups in total. The van der Waals surface area contributed by atoms with Crippen LogP contribution in [0.4, 0.5) is 4.79 Å². The van der Waals surface area contributed by atoms with Gasteiger partial charge >= 0.3 is 6.09 Å². The third-order valence-electron chi connectivity index (χ3n) is 5.04. The Balaban J connectivity index is 1.80. The Bertz CT molecular complexity index is 999. The third-order valence-corrected chi connectivity index (χ3v) is 5.57. The topological polar surface area (TPSA) is 87.3 Å². The molecule has 7 nitrogen and oxygen atoms in total. The average molecular weight is 503 g/mol. The predicted molar refractivity (Wildman–Crippen MR) is 128 cm³/mol. The van der Waals surface area contributed by atoms with E-state index in [1.807, 2.05) is 57.2 Å². The smallest absolute Gasteiger partial charge is 0.408 e. The van der Waals surface area contributed by atoms with Crippen LogP contribution in [-0.4, -0.2) is 45.1 Å². The fourth-order valence-corrected chi connectivity index (χ4v) is 3.75. The summed E-state index contributed by atoms with van der Waals surface area (Å²) in [6, 6.07) is 6.84. The maximum Gasteiger partial charge on any atom is 0.408 e. The van der Waals surface area contributed by atoms with E-state index in [1.165, 1.54) is 0 Å². The Hall–Kier alpha value is -2.61. The van der Waals surface area contributed by atoms with Crippen molar-refractivity contribution in [1.82, 2.24) is 20.2 Å². The van der Waals surface area contributed by atoms with Crippen LogP contribution in [0.2, 0.25) is 0 Å². The number of aromatic amines is 1. The van der Waals surface area contributed by atoms with Crippen molar-refractivity contribution in [3.8, 4) is 11.3 Å². The number of aromatic nitrogens is 2. The zero-order valence-electron chi connectivity index (χ0n) is 19.4. The van der Waals surface area contributed by atoms with Crippen LogP contribution in [-0.2, 0) is 9.53 Å². The molecule has 32 heavy (non-hydrogen) atoms. The first kappa shape index (κ1) is 24.0. The van der Waals surface area contributed by atoms with Crippen LogP contribution in [0.3, 0.4) is 0 Å². The van der Waals surface area contributed by atoms with E-state index in [1.54, 1.807) is 31.9 Å². The average Bonchev–Trinajstić information content (AvgIpc) is 3.33. The fourth-order valence-electron chi connectivity index (χ4n) is 3.49. The van der Waals surface area contributed by atoms with Gasteiger partial charge in [0, 0.05) is 11.0 Å². The van der Waals surface area contributed by atoms with Gasteiger partial charge in [-0.1, -0.05) is 61.0 Å². The zero-order valence-corrected chi connectivity index (χ0v) is 21.0. The Morgan fingerprint density at radius 1 is 1.19 bits per heavy atom. The van der Waals surface area contributed by atoms with Crippen LogP contribution < -0.4 is 5.32 Å². The first-order valence-electron chi connectivity index (χ1n) is 10.6. The lowest BCUT2D eigenvalue weighted by Crippen LogP contribution is -2.55. The molecule has 1 aliphatic rings. The van der Waals surface area contributed by atoms with Gasteiger partial charge < -0.3 is 19.9 Å². The van der Waals surface area contributed by atoms with E-state index in [0.29, 0.717) is 12.4 Å². The van der Waals surface area contributed by atoms with E-state index in [0.717, 1.165) is 15.7 Å². The first-order valence-corrected chi connectivity index (χ1v) is 11.4. The number of hydrogen-bond acceptors (Lipinski definition) is 4. The predicted octanol–water partition coefficient (Wildman–Crippen LogP) is 5.22. The highest BCUT2D eigenvalue weighted by Gasteiger charge is 2.40. The van der Waals surface area contributed by atoms with E-state index < -0.39 is 23.2 Å². The quantitative estimate of drug-likeness (QED) is 0.561. The van der Waals surface area contributed by atoms with E-state index in [4.69, 9.17) is 4.74 Å². The molecule has 1 aromatic carbocycles. The van der Waals surface area contributed by atoms with Crippen LogP contribution in [0.15, 0.2) is 47.1 Å². The number of halogens is 1. The van der Waals surface area contributed by atoms with E-state index >= 15 is 0 Å². The van der Waals surface area contributed by atoms with Crippen LogP contribution in [0.5, 0.6) is 0 Å². The summed E-state index contributed by atoms with van der Waals surface area (Å²) < 4.78 is 6.39. The molecule has 1 aromatic heterocycles. The molecule has 0 aliphatic carbocycles. The van der Waals surface area contributed by atoms with Crippen LogP contribution >= 0.6 is 15.9 Å². The van der Waals surface area contributed by atoms with Crippen molar-refractivity contribution in [2.75, 3.05) is 6.54 Å². The number of rotatable bonds is 4. The Labute approximate surface area is 197 Å². The van der Waals surface area contributed by atoms with Gasteiger partial charge in [0.05, 0.1) is 11.9 Å². The van der Waals surface area contributed by atoms with Gasteiger partial charge in [0.1, 0.15) is 23.5 Å². The number of H-pyrrole nitrogens is 1. The molecule has 0 saturated heterocycles. The number of imidazole rings is 1. The fraction of sp³-hybridized carbons (Fsp3) is 0.458. The lowest BCUT2D eigenvalue weighted by Gasteiger charge is -2.35. The maximum absolute atomic E-state index is 13.6. The molecule has 0 spiro atoms. The lowest BCUT2D eigenvalue weighted by molar-refractivity contribution is -0.136. The molecule has 0 fully saturated rings. The largest absolute Gasteiger partial charge is 0.444 e. The summed E-state index contributed by atoms with van der Waals surface area (Å²) in [7, 11) is 0. The molecule has 2 unspecified atom stereocenters. The summed E-state index contributed by atoms with van der Waals surface area (Å²) in [5.74, 6) is 0.495. The van der Waals surface area contributed by atoms with Crippen molar-refractivity contribution in [2.24, 2.45) is 5.41 Å². The van der Waals surface area contributed by atoms with Gasteiger partial charge in [0.25, 0.3) is 0 Å². The van der Waals surface area contributed by atoms with Crippen molar-refractivity contribution in [2.45, 2.75) is 59.2 Å². The van der Waals surface area contributed by atoms with Crippen molar-refractivity contribution < 1.29 is 14.3 Å². The molecule has 2 heterocycles. The highest BCUT2D eigenvalue weighted by atomic mass is 79.9. The molecular formula is C24H31BrN4O3. The van der Waals surface area contributed by atoms with Crippen LogP contribution in [0.1, 0.15) is 53.4 Å². The number of carbonyl (C=O) groups is 2.